The molecule has 0 saturated carbocycles. The van der Waals surface area contributed by atoms with Gasteiger partial charge < -0.3 is 15.1 Å². The molecule has 0 atom stereocenters. The minimum Gasteiger partial charge on any atom is -0.396 e. The number of rotatable bonds is 3. The van der Waals surface area contributed by atoms with Crippen LogP contribution in [-0.2, 0) is 6.61 Å². The Morgan fingerprint density at radius 3 is 2.47 bits per heavy atom. The molecule has 1 fully saturated rings. The molecule has 0 spiro atoms. The lowest BCUT2D eigenvalue weighted by Crippen LogP contribution is -2.34. The van der Waals surface area contributed by atoms with E-state index in [4.69, 9.17) is 21.8 Å². The van der Waals surface area contributed by atoms with Crippen molar-refractivity contribution >= 4 is 17.3 Å². The van der Waals surface area contributed by atoms with E-state index in [9.17, 15) is 0 Å². The molecule has 4 heteroatoms. The van der Waals surface area contributed by atoms with E-state index >= 15 is 0 Å². The fourth-order valence-electron chi connectivity index (χ4n) is 2.23. The van der Waals surface area contributed by atoms with E-state index in [-0.39, 0.29) is 13.2 Å². The first-order valence-electron chi connectivity index (χ1n) is 5.99. The molecule has 1 aliphatic heterocycles. The summed E-state index contributed by atoms with van der Waals surface area (Å²) in [5.74, 6) is 0.443. The molecule has 0 unspecified atom stereocenters. The van der Waals surface area contributed by atoms with Crippen molar-refractivity contribution in [3.8, 4) is 0 Å². The zero-order valence-corrected chi connectivity index (χ0v) is 10.5. The number of halogens is 1. The van der Waals surface area contributed by atoms with Gasteiger partial charge in [0.25, 0.3) is 0 Å². The summed E-state index contributed by atoms with van der Waals surface area (Å²) >= 11 is 6.08. The molecule has 0 radical (unpaired) electrons. The van der Waals surface area contributed by atoms with Crippen LogP contribution in [0.25, 0.3) is 0 Å². The predicted octanol–water partition coefficient (Wildman–Crippen LogP) is 2.04. The lowest BCUT2D eigenvalue weighted by Gasteiger charge is -2.33. The molecule has 1 aromatic carbocycles. The summed E-state index contributed by atoms with van der Waals surface area (Å²) < 4.78 is 0. The van der Waals surface area contributed by atoms with Crippen LogP contribution in [0.1, 0.15) is 18.4 Å². The smallest absolute Gasteiger partial charge is 0.0696 e. The van der Waals surface area contributed by atoms with Crippen LogP contribution in [0.5, 0.6) is 0 Å². The van der Waals surface area contributed by atoms with Crippen molar-refractivity contribution in [1.82, 2.24) is 0 Å². The van der Waals surface area contributed by atoms with Crippen LogP contribution >= 0.6 is 11.6 Å². The van der Waals surface area contributed by atoms with Crippen molar-refractivity contribution in [2.75, 3.05) is 24.6 Å². The van der Waals surface area contributed by atoms with Crippen molar-refractivity contribution in [3.05, 3.63) is 28.8 Å². The summed E-state index contributed by atoms with van der Waals surface area (Å²) in [5.41, 5.74) is 1.87. The molecule has 94 valence electrons. The number of aliphatic hydroxyl groups is 2. The molecule has 2 N–H and O–H groups in total. The van der Waals surface area contributed by atoms with Gasteiger partial charge in [-0.1, -0.05) is 17.7 Å². The second-order valence-electron chi connectivity index (χ2n) is 4.55. The van der Waals surface area contributed by atoms with Gasteiger partial charge in [-0.05, 0) is 36.5 Å². The number of nitrogens with zero attached hydrogens (tertiary/aromatic N) is 1. The fourth-order valence-corrected chi connectivity index (χ4v) is 2.47. The van der Waals surface area contributed by atoms with Gasteiger partial charge in [0, 0.05) is 30.4 Å². The molecular weight excluding hydrogens is 238 g/mol. The molecule has 0 bridgehead atoms. The Kier molecular flexibility index (Phi) is 4.26. The highest BCUT2D eigenvalue weighted by molar-refractivity contribution is 6.31. The molecule has 0 aromatic heterocycles. The highest BCUT2D eigenvalue weighted by atomic mass is 35.5. The first kappa shape index (κ1) is 12.7. The number of hydrogen-bond acceptors (Lipinski definition) is 3. The number of anilines is 1. The van der Waals surface area contributed by atoms with Crippen LogP contribution in [-0.4, -0.2) is 29.9 Å². The Bertz CT molecular complexity index is 376. The molecule has 1 aliphatic rings. The molecule has 3 nitrogen and oxygen atoms in total. The van der Waals surface area contributed by atoms with Gasteiger partial charge in [-0.2, -0.15) is 0 Å². The van der Waals surface area contributed by atoms with Gasteiger partial charge in [-0.3, -0.25) is 0 Å². The lowest BCUT2D eigenvalue weighted by molar-refractivity contribution is 0.203. The summed E-state index contributed by atoms with van der Waals surface area (Å²) in [6.45, 7) is 2.18. The van der Waals surface area contributed by atoms with Gasteiger partial charge in [0.2, 0.25) is 0 Å². The molecular formula is C13H18ClNO2. The second-order valence-corrected chi connectivity index (χ2v) is 4.95. The Morgan fingerprint density at radius 1 is 1.24 bits per heavy atom. The molecule has 0 aliphatic carbocycles. The van der Waals surface area contributed by atoms with Gasteiger partial charge in [0.1, 0.15) is 0 Å². The van der Waals surface area contributed by atoms with Crippen molar-refractivity contribution in [2.45, 2.75) is 19.4 Å². The Balaban J connectivity index is 2.06. The Morgan fingerprint density at radius 2 is 1.94 bits per heavy atom. The molecule has 0 amide bonds. The Hall–Kier alpha value is -0.770. The third-order valence-electron chi connectivity index (χ3n) is 3.44. The van der Waals surface area contributed by atoms with Crippen molar-refractivity contribution in [3.63, 3.8) is 0 Å². The van der Waals surface area contributed by atoms with E-state index in [1.54, 1.807) is 0 Å². The molecule has 2 rings (SSSR count). The van der Waals surface area contributed by atoms with Crippen LogP contribution < -0.4 is 4.90 Å². The summed E-state index contributed by atoms with van der Waals surface area (Å²) in [4.78, 5) is 2.28. The maximum absolute atomic E-state index is 9.09. The van der Waals surface area contributed by atoms with Crippen LogP contribution in [0.4, 0.5) is 5.69 Å². The first-order chi connectivity index (χ1) is 8.24. The fraction of sp³-hybridized carbons (Fsp3) is 0.538. The predicted molar refractivity (Wildman–Crippen MR) is 69.4 cm³/mol. The number of hydrogen-bond donors (Lipinski definition) is 2. The quantitative estimate of drug-likeness (QED) is 0.869. The first-order valence-corrected chi connectivity index (χ1v) is 6.37. The van der Waals surface area contributed by atoms with Gasteiger partial charge in [0.05, 0.1) is 6.61 Å². The maximum atomic E-state index is 9.09. The second kappa shape index (κ2) is 5.71. The maximum Gasteiger partial charge on any atom is 0.0696 e. The average Bonchev–Trinajstić information content (AvgIpc) is 2.39. The van der Waals surface area contributed by atoms with Crippen LogP contribution in [0.15, 0.2) is 18.2 Å². The monoisotopic (exact) mass is 255 g/mol. The standard InChI is InChI=1S/C13H18ClNO2/c14-13-7-12(2-1-11(13)9-17)15-5-3-10(8-16)4-6-15/h1-2,7,10,16-17H,3-6,8-9H2. The molecule has 1 aromatic rings. The Labute approximate surface area is 107 Å². The van der Waals surface area contributed by atoms with Gasteiger partial charge in [-0.15, -0.1) is 0 Å². The molecule has 1 heterocycles. The minimum absolute atomic E-state index is 0.0221. The third kappa shape index (κ3) is 2.92. The summed E-state index contributed by atoms with van der Waals surface area (Å²) in [5, 5.41) is 18.8. The summed E-state index contributed by atoms with van der Waals surface area (Å²) in [7, 11) is 0. The van der Waals surface area contributed by atoms with Crippen LogP contribution in [0.2, 0.25) is 5.02 Å². The van der Waals surface area contributed by atoms with E-state index in [0.717, 1.165) is 37.2 Å². The lowest BCUT2D eigenvalue weighted by atomic mass is 9.97. The van der Waals surface area contributed by atoms with E-state index in [0.29, 0.717) is 10.9 Å². The van der Waals surface area contributed by atoms with Crippen LogP contribution in [0, 0.1) is 5.92 Å². The summed E-state index contributed by atoms with van der Waals surface area (Å²) in [6, 6.07) is 5.78. The van der Waals surface area contributed by atoms with Gasteiger partial charge >= 0.3 is 0 Å². The van der Waals surface area contributed by atoms with E-state index < -0.39 is 0 Å². The minimum atomic E-state index is -0.0221. The van der Waals surface area contributed by atoms with E-state index in [1.807, 2.05) is 18.2 Å². The highest BCUT2D eigenvalue weighted by Gasteiger charge is 2.19. The number of aliphatic hydroxyl groups excluding tert-OH is 2. The van der Waals surface area contributed by atoms with E-state index in [1.165, 1.54) is 0 Å². The number of piperidine rings is 1. The third-order valence-corrected chi connectivity index (χ3v) is 3.80. The highest BCUT2D eigenvalue weighted by Crippen LogP contribution is 2.27. The summed E-state index contributed by atoms with van der Waals surface area (Å²) in [6.07, 6.45) is 2.05. The normalized spacial score (nSPS) is 17.5. The topological polar surface area (TPSA) is 43.7 Å². The zero-order valence-electron chi connectivity index (χ0n) is 9.77. The van der Waals surface area contributed by atoms with Crippen molar-refractivity contribution < 1.29 is 10.2 Å². The van der Waals surface area contributed by atoms with Gasteiger partial charge in [-0.25, -0.2) is 0 Å². The zero-order chi connectivity index (χ0) is 12.3. The largest absolute Gasteiger partial charge is 0.396 e. The van der Waals surface area contributed by atoms with Crippen LogP contribution in [0.3, 0.4) is 0 Å². The van der Waals surface area contributed by atoms with Gasteiger partial charge in [0.15, 0.2) is 0 Å². The molecule has 17 heavy (non-hydrogen) atoms. The molecule has 1 saturated heterocycles. The van der Waals surface area contributed by atoms with E-state index in [2.05, 4.69) is 4.90 Å². The van der Waals surface area contributed by atoms with Crippen molar-refractivity contribution in [1.29, 1.82) is 0 Å². The SMILES string of the molecule is OCc1ccc(N2CCC(CO)CC2)cc1Cl. The average molecular weight is 256 g/mol. The number of benzene rings is 1. The van der Waals surface area contributed by atoms with Crippen molar-refractivity contribution in [2.24, 2.45) is 5.92 Å².